The van der Waals surface area contributed by atoms with E-state index in [0.717, 1.165) is 0 Å². The number of phenols is 2. The summed E-state index contributed by atoms with van der Waals surface area (Å²) in [4.78, 5) is 10.8. The van der Waals surface area contributed by atoms with Crippen molar-refractivity contribution in [1.29, 1.82) is 0 Å². The van der Waals surface area contributed by atoms with Gasteiger partial charge in [-0.15, -0.1) is 0 Å². The molecule has 1 rings (SSSR count). The topological polar surface area (TPSA) is 66.8 Å². The third kappa shape index (κ3) is 1.45. The fourth-order valence-corrected chi connectivity index (χ4v) is 0.844. The van der Waals surface area contributed by atoms with Crippen LogP contribution >= 0.6 is 12.9 Å². The Morgan fingerprint density at radius 1 is 1.42 bits per heavy atom. The van der Waals surface area contributed by atoms with Gasteiger partial charge in [-0.25, -0.2) is 4.79 Å². The van der Waals surface area contributed by atoms with E-state index >= 15 is 0 Å². The molecule has 4 nitrogen and oxygen atoms in total. The first-order valence-electron chi connectivity index (χ1n) is 3.03. The standard InChI is InChI=1S/C7H6O4S/c8-5-3-1-2-4(6(5)9)7(10)11-12/h1-3,8-9,12H. The van der Waals surface area contributed by atoms with Crippen LogP contribution in [0.4, 0.5) is 0 Å². The first-order valence-corrected chi connectivity index (χ1v) is 3.40. The summed E-state index contributed by atoms with van der Waals surface area (Å²) in [5.74, 6) is -1.69. The second-order valence-electron chi connectivity index (χ2n) is 2.05. The summed E-state index contributed by atoms with van der Waals surface area (Å²) >= 11 is 3.27. The minimum Gasteiger partial charge on any atom is -0.504 e. The predicted octanol–water partition coefficient (Wildman–Crippen LogP) is 1.10. The van der Waals surface area contributed by atoms with Gasteiger partial charge in [-0.05, 0) is 12.1 Å². The zero-order valence-electron chi connectivity index (χ0n) is 5.89. The molecule has 0 bridgehead atoms. The van der Waals surface area contributed by atoms with Gasteiger partial charge in [0.15, 0.2) is 11.5 Å². The lowest BCUT2D eigenvalue weighted by molar-refractivity contribution is 0.0768. The maximum atomic E-state index is 10.8. The molecule has 0 heterocycles. The van der Waals surface area contributed by atoms with Gasteiger partial charge in [0.1, 0.15) is 5.56 Å². The molecule has 0 fully saturated rings. The molecule has 0 aliphatic heterocycles. The Morgan fingerprint density at radius 2 is 2.08 bits per heavy atom. The van der Waals surface area contributed by atoms with Crippen LogP contribution in [0.2, 0.25) is 0 Å². The normalized spacial score (nSPS) is 9.42. The molecule has 0 radical (unpaired) electrons. The van der Waals surface area contributed by atoms with Crippen molar-refractivity contribution in [3.05, 3.63) is 23.8 Å². The number of carbonyl (C=O) groups excluding carboxylic acids is 1. The molecule has 1 aromatic rings. The molecule has 0 unspecified atom stereocenters. The summed E-state index contributed by atoms with van der Waals surface area (Å²) < 4.78 is 4.06. The Labute approximate surface area is 74.0 Å². The zero-order chi connectivity index (χ0) is 9.14. The second kappa shape index (κ2) is 3.36. The maximum Gasteiger partial charge on any atom is 0.353 e. The minimum absolute atomic E-state index is 0.120. The third-order valence-electron chi connectivity index (χ3n) is 1.32. The Hall–Kier alpha value is -1.36. The number of thiol groups is 1. The number of hydrogen-bond acceptors (Lipinski definition) is 5. The van der Waals surface area contributed by atoms with Crippen LogP contribution in [0.25, 0.3) is 0 Å². The summed E-state index contributed by atoms with van der Waals surface area (Å²) in [7, 11) is 0. The van der Waals surface area contributed by atoms with Gasteiger partial charge in [0.05, 0.1) is 0 Å². The van der Waals surface area contributed by atoms with E-state index in [9.17, 15) is 4.79 Å². The van der Waals surface area contributed by atoms with Crippen molar-refractivity contribution < 1.29 is 19.2 Å². The van der Waals surface area contributed by atoms with Crippen LogP contribution in [0.5, 0.6) is 11.5 Å². The second-order valence-corrected chi connectivity index (χ2v) is 2.23. The average Bonchev–Trinajstić information content (AvgIpc) is 2.08. The lowest BCUT2D eigenvalue weighted by atomic mass is 10.2. The molecule has 0 atom stereocenters. The van der Waals surface area contributed by atoms with E-state index in [2.05, 4.69) is 17.1 Å². The molecular formula is C7H6O4S. The molecule has 0 aromatic heterocycles. The van der Waals surface area contributed by atoms with Gasteiger partial charge in [-0.2, -0.15) is 0 Å². The number of para-hydroxylation sites is 1. The molecule has 1 aromatic carbocycles. The minimum atomic E-state index is -0.813. The Kier molecular flexibility index (Phi) is 2.44. The van der Waals surface area contributed by atoms with Gasteiger partial charge in [0, 0.05) is 12.9 Å². The molecule has 0 amide bonds. The van der Waals surface area contributed by atoms with Crippen molar-refractivity contribution in [3.63, 3.8) is 0 Å². The molecule has 0 aliphatic rings. The van der Waals surface area contributed by atoms with E-state index in [0.29, 0.717) is 0 Å². The van der Waals surface area contributed by atoms with Crippen LogP contribution in [0.15, 0.2) is 18.2 Å². The highest BCUT2D eigenvalue weighted by molar-refractivity contribution is 7.75. The first kappa shape index (κ1) is 8.73. The molecule has 0 saturated heterocycles. The smallest absolute Gasteiger partial charge is 0.353 e. The fourth-order valence-electron chi connectivity index (χ4n) is 0.745. The number of hydrogen-bond donors (Lipinski definition) is 3. The summed E-state index contributed by atoms with van der Waals surface area (Å²) in [6, 6.07) is 3.98. The van der Waals surface area contributed by atoms with Crippen LogP contribution in [-0.4, -0.2) is 16.2 Å². The van der Waals surface area contributed by atoms with Gasteiger partial charge in [-0.3, -0.25) is 0 Å². The summed E-state index contributed by atoms with van der Waals surface area (Å²) in [6.45, 7) is 0. The van der Waals surface area contributed by atoms with E-state index in [1.54, 1.807) is 0 Å². The lowest BCUT2D eigenvalue weighted by Crippen LogP contribution is -1.97. The Balaban J connectivity index is 3.16. The number of rotatable bonds is 1. The van der Waals surface area contributed by atoms with Crippen molar-refractivity contribution in [2.45, 2.75) is 0 Å². The van der Waals surface area contributed by atoms with Crippen LogP contribution in [-0.2, 0) is 4.18 Å². The summed E-state index contributed by atoms with van der Waals surface area (Å²) in [5, 5.41) is 18.1. The van der Waals surface area contributed by atoms with Crippen LogP contribution in [0, 0.1) is 0 Å². The third-order valence-corrected chi connectivity index (χ3v) is 1.48. The van der Waals surface area contributed by atoms with E-state index < -0.39 is 11.7 Å². The Bertz CT molecular complexity index is 310. The van der Waals surface area contributed by atoms with Crippen LogP contribution in [0.1, 0.15) is 10.4 Å². The molecule has 0 aliphatic carbocycles. The highest BCUT2D eigenvalue weighted by Gasteiger charge is 2.13. The van der Waals surface area contributed by atoms with Gasteiger partial charge in [0.2, 0.25) is 0 Å². The van der Waals surface area contributed by atoms with Gasteiger partial charge < -0.3 is 14.4 Å². The van der Waals surface area contributed by atoms with E-state index in [1.165, 1.54) is 18.2 Å². The SMILES string of the molecule is O=C(OS)c1cccc(O)c1O. The molecule has 5 heteroatoms. The monoisotopic (exact) mass is 186 g/mol. The summed E-state index contributed by atoms with van der Waals surface area (Å²) in [5.41, 5.74) is -0.120. The Morgan fingerprint density at radius 3 is 2.67 bits per heavy atom. The lowest BCUT2D eigenvalue weighted by Gasteiger charge is -2.01. The molecule has 2 N–H and O–H groups in total. The number of aromatic hydroxyl groups is 2. The van der Waals surface area contributed by atoms with Gasteiger partial charge >= 0.3 is 5.97 Å². The average molecular weight is 186 g/mol. The van der Waals surface area contributed by atoms with Crippen molar-refractivity contribution in [2.24, 2.45) is 0 Å². The quantitative estimate of drug-likeness (QED) is 0.349. The molecule has 12 heavy (non-hydrogen) atoms. The van der Waals surface area contributed by atoms with Crippen molar-refractivity contribution in [3.8, 4) is 11.5 Å². The van der Waals surface area contributed by atoms with E-state index in [4.69, 9.17) is 10.2 Å². The van der Waals surface area contributed by atoms with Gasteiger partial charge in [-0.1, -0.05) is 6.07 Å². The number of phenolic OH excluding ortho intramolecular Hbond substituents is 2. The number of benzene rings is 1. The van der Waals surface area contributed by atoms with Gasteiger partial charge in [0.25, 0.3) is 0 Å². The van der Waals surface area contributed by atoms with E-state index in [-0.39, 0.29) is 11.3 Å². The number of carbonyl (C=O) groups is 1. The molecular weight excluding hydrogens is 180 g/mol. The van der Waals surface area contributed by atoms with Crippen LogP contribution in [0.3, 0.4) is 0 Å². The predicted molar refractivity (Wildman–Crippen MR) is 44.2 cm³/mol. The first-order chi connectivity index (χ1) is 5.66. The van der Waals surface area contributed by atoms with Crippen LogP contribution < -0.4 is 0 Å². The molecule has 64 valence electrons. The van der Waals surface area contributed by atoms with E-state index in [1.807, 2.05) is 0 Å². The fraction of sp³-hybridized carbons (Fsp3) is 0. The van der Waals surface area contributed by atoms with Crippen molar-refractivity contribution in [2.75, 3.05) is 0 Å². The molecule has 0 spiro atoms. The largest absolute Gasteiger partial charge is 0.504 e. The maximum absolute atomic E-state index is 10.8. The highest BCUT2D eigenvalue weighted by atomic mass is 32.1. The highest BCUT2D eigenvalue weighted by Crippen LogP contribution is 2.28. The van der Waals surface area contributed by atoms with Crippen molar-refractivity contribution in [1.82, 2.24) is 0 Å². The summed E-state index contributed by atoms with van der Waals surface area (Å²) in [6.07, 6.45) is 0. The zero-order valence-corrected chi connectivity index (χ0v) is 6.78. The van der Waals surface area contributed by atoms with Crippen molar-refractivity contribution >= 4 is 18.9 Å². The molecule has 0 saturated carbocycles.